The molecule has 0 aliphatic carbocycles. The van der Waals surface area contributed by atoms with Gasteiger partial charge in [-0.1, -0.05) is 13.0 Å². The Balaban J connectivity index is 2.02. The fourth-order valence-electron chi connectivity index (χ4n) is 1.71. The van der Waals surface area contributed by atoms with Gasteiger partial charge in [0.15, 0.2) is 0 Å². The van der Waals surface area contributed by atoms with E-state index >= 15 is 0 Å². The lowest BCUT2D eigenvalue weighted by Gasteiger charge is -2.24. The van der Waals surface area contributed by atoms with E-state index in [1.54, 1.807) is 18.3 Å². The van der Waals surface area contributed by atoms with Crippen molar-refractivity contribution in [2.45, 2.75) is 32.2 Å². The van der Waals surface area contributed by atoms with Crippen LogP contribution in [0, 0.1) is 0 Å². The molecular weight excluding hydrogens is 308 g/mol. The van der Waals surface area contributed by atoms with Gasteiger partial charge in [-0.3, -0.25) is 4.79 Å². The first-order valence-corrected chi connectivity index (χ1v) is 8.23. The number of carboxylic acids is 1. The molecule has 0 aromatic carbocycles. The molecule has 1 atom stereocenters. The van der Waals surface area contributed by atoms with Crippen LogP contribution in [0.5, 0.6) is 0 Å². The van der Waals surface area contributed by atoms with Crippen molar-refractivity contribution in [2.75, 3.05) is 0 Å². The van der Waals surface area contributed by atoms with Gasteiger partial charge in [0.2, 0.25) is 5.91 Å². The number of carbonyl (C=O) groups is 2. The van der Waals surface area contributed by atoms with Crippen molar-refractivity contribution in [3.05, 3.63) is 28.6 Å². The summed E-state index contributed by atoms with van der Waals surface area (Å²) in [6, 6.07) is 3.93. The topological polar surface area (TPSA) is 79.3 Å². The molecule has 0 bridgehead atoms. The molecule has 21 heavy (non-hydrogen) atoms. The molecule has 1 unspecified atom stereocenters. The van der Waals surface area contributed by atoms with Gasteiger partial charge in [-0.15, -0.1) is 22.7 Å². The molecule has 2 rings (SSSR count). The Morgan fingerprint density at radius 2 is 2.19 bits per heavy atom. The van der Waals surface area contributed by atoms with Crippen molar-refractivity contribution >= 4 is 34.6 Å². The number of thiazole rings is 1. The smallest absolute Gasteiger partial charge is 0.329 e. The maximum absolute atomic E-state index is 12.0. The summed E-state index contributed by atoms with van der Waals surface area (Å²) in [5, 5.41) is 16.4. The predicted molar refractivity (Wildman–Crippen MR) is 83.6 cm³/mol. The van der Waals surface area contributed by atoms with E-state index in [1.807, 2.05) is 22.9 Å². The van der Waals surface area contributed by atoms with Crippen molar-refractivity contribution in [1.29, 1.82) is 0 Å². The Bertz CT molecular complexity index is 636. The van der Waals surface area contributed by atoms with Gasteiger partial charge in [-0.2, -0.15) is 0 Å². The molecule has 0 spiro atoms. The minimum atomic E-state index is -1.23. The third kappa shape index (κ3) is 3.68. The van der Waals surface area contributed by atoms with Crippen LogP contribution in [0.3, 0.4) is 0 Å². The van der Waals surface area contributed by atoms with E-state index in [9.17, 15) is 9.59 Å². The van der Waals surface area contributed by atoms with E-state index < -0.39 is 11.5 Å². The van der Waals surface area contributed by atoms with Gasteiger partial charge in [0.05, 0.1) is 17.0 Å². The summed E-state index contributed by atoms with van der Waals surface area (Å²) < 4.78 is 0. The van der Waals surface area contributed by atoms with Crippen LogP contribution in [0.4, 0.5) is 0 Å². The zero-order valence-electron chi connectivity index (χ0n) is 11.8. The molecular formula is C14H16N2O3S2. The summed E-state index contributed by atoms with van der Waals surface area (Å²) in [7, 11) is 0. The van der Waals surface area contributed by atoms with Crippen LogP contribution in [0.1, 0.15) is 26.0 Å². The zero-order chi connectivity index (χ0) is 15.5. The van der Waals surface area contributed by atoms with Crippen molar-refractivity contribution in [1.82, 2.24) is 10.3 Å². The van der Waals surface area contributed by atoms with Crippen LogP contribution in [0.15, 0.2) is 22.9 Å². The highest BCUT2D eigenvalue weighted by Crippen LogP contribution is 2.27. The molecule has 5 nitrogen and oxygen atoms in total. The maximum atomic E-state index is 12.0. The number of thiophene rings is 1. The van der Waals surface area contributed by atoms with E-state index in [1.165, 1.54) is 18.3 Å². The molecule has 0 aliphatic rings. The number of carbonyl (C=O) groups excluding carboxylic acids is 1. The lowest BCUT2D eigenvalue weighted by molar-refractivity contribution is -0.146. The molecule has 112 valence electrons. The van der Waals surface area contributed by atoms with E-state index in [2.05, 4.69) is 10.3 Å². The number of rotatable bonds is 6. The third-order valence-corrected chi connectivity index (χ3v) is 5.15. The molecule has 0 aliphatic heterocycles. The highest BCUT2D eigenvalue weighted by Gasteiger charge is 2.32. The molecule has 0 saturated heterocycles. The summed E-state index contributed by atoms with van der Waals surface area (Å²) >= 11 is 3.08. The minimum absolute atomic E-state index is 0.0880. The van der Waals surface area contributed by atoms with Gasteiger partial charge in [-0.05, 0) is 24.8 Å². The minimum Gasteiger partial charge on any atom is -0.480 e. The van der Waals surface area contributed by atoms with Crippen molar-refractivity contribution < 1.29 is 14.7 Å². The first-order valence-electron chi connectivity index (χ1n) is 6.47. The Labute approximate surface area is 130 Å². The van der Waals surface area contributed by atoms with Crippen molar-refractivity contribution in [3.63, 3.8) is 0 Å². The molecule has 0 fully saturated rings. The normalized spacial score (nSPS) is 13.6. The number of nitrogens with zero attached hydrogens (tertiary/aromatic N) is 1. The van der Waals surface area contributed by atoms with Crippen molar-refractivity contribution in [2.24, 2.45) is 0 Å². The Morgan fingerprint density at radius 1 is 1.43 bits per heavy atom. The number of carboxylic acid groups (broad SMARTS) is 1. The zero-order valence-corrected chi connectivity index (χ0v) is 13.4. The van der Waals surface area contributed by atoms with Gasteiger partial charge < -0.3 is 10.4 Å². The summed E-state index contributed by atoms with van der Waals surface area (Å²) in [4.78, 5) is 28.6. The molecule has 2 heterocycles. The molecule has 0 saturated carbocycles. The largest absolute Gasteiger partial charge is 0.480 e. The fourth-order valence-corrected chi connectivity index (χ4v) is 3.34. The first kappa shape index (κ1) is 15.7. The molecule has 1 amide bonds. The lowest BCUT2D eigenvalue weighted by atomic mass is 9.99. The Hall–Kier alpha value is -1.73. The Morgan fingerprint density at radius 3 is 2.76 bits per heavy atom. The second-order valence-corrected chi connectivity index (χ2v) is 6.64. The van der Waals surface area contributed by atoms with Gasteiger partial charge >= 0.3 is 5.97 Å². The van der Waals surface area contributed by atoms with E-state index in [0.29, 0.717) is 12.1 Å². The highest BCUT2D eigenvalue weighted by atomic mass is 32.1. The highest BCUT2D eigenvalue weighted by molar-refractivity contribution is 7.20. The SMILES string of the molecule is CCC(C)(NC(=O)Cc1csc(-c2cccs2)n1)C(=O)O. The average molecular weight is 324 g/mol. The van der Waals surface area contributed by atoms with E-state index in [0.717, 1.165) is 9.88 Å². The molecule has 2 aromatic rings. The van der Waals surface area contributed by atoms with Crippen LogP contribution < -0.4 is 5.32 Å². The van der Waals surface area contributed by atoms with Crippen LogP contribution >= 0.6 is 22.7 Å². The van der Waals surface area contributed by atoms with E-state index in [4.69, 9.17) is 5.11 Å². The number of aromatic nitrogens is 1. The Kier molecular flexibility index (Phi) is 4.74. The monoisotopic (exact) mass is 324 g/mol. The van der Waals surface area contributed by atoms with Crippen molar-refractivity contribution in [3.8, 4) is 9.88 Å². The lowest BCUT2D eigenvalue weighted by Crippen LogP contribution is -2.52. The van der Waals surface area contributed by atoms with Crippen LogP contribution in [0.25, 0.3) is 9.88 Å². The number of hydrogen-bond acceptors (Lipinski definition) is 5. The van der Waals surface area contributed by atoms with E-state index in [-0.39, 0.29) is 12.3 Å². The summed E-state index contributed by atoms with van der Waals surface area (Å²) in [5.41, 5.74) is -0.575. The van der Waals surface area contributed by atoms with Gasteiger partial charge in [0.25, 0.3) is 0 Å². The molecule has 0 radical (unpaired) electrons. The van der Waals surface area contributed by atoms with Crippen LogP contribution in [0.2, 0.25) is 0 Å². The second-order valence-electron chi connectivity index (χ2n) is 4.84. The standard InChI is InChI=1S/C14H16N2O3S2/c1-3-14(2,13(18)19)16-11(17)7-9-8-21-12(15-9)10-5-4-6-20-10/h4-6,8H,3,7H2,1-2H3,(H,16,17)(H,18,19). The summed E-state index contributed by atoms with van der Waals surface area (Å²) in [6.45, 7) is 3.23. The molecule has 7 heteroatoms. The third-order valence-electron chi connectivity index (χ3n) is 3.22. The molecule has 2 aromatic heterocycles. The van der Waals surface area contributed by atoms with Gasteiger partial charge in [-0.25, -0.2) is 9.78 Å². The summed E-state index contributed by atoms with van der Waals surface area (Å²) in [5.74, 6) is -1.36. The van der Waals surface area contributed by atoms with Crippen LogP contribution in [-0.4, -0.2) is 27.5 Å². The average Bonchev–Trinajstić information content (AvgIpc) is 3.08. The maximum Gasteiger partial charge on any atom is 0.329 e. The number of hydrogen-bond donors (Lipinski definition) is 2. The number of aliphatic carboxylic acids is 1. The molecule has 2 N–H and O–H groups in total. The first-order chi connectivity index (χ1) is 9.94. The summed E-state index contributed by atoms with van der Waals surface area (Å²) in [6.07, 6.45) is 0.413. The van der Waals surface area contributed by atoms with Gasteiger partial charge in [0, 0.05) is 5.38 Å². The number of amides is 1. The van der Waals surface area contributed by atoms with Gasteiger partial charge in [0.1, 0.15) is 10.5 Å². The quantitative estimate of drug-likeness (QED) is 0.856. The number of nitrogens with one attached hydrogen (secondary N) is 1. The fraction of sp³-hybridized carbons (Fsp3) is 0.357. The predicted octanol–water partition coefficient (Wildman–Crippen LogP) is 2.78. The van der Waals surface area contributed by atoms with Crippen LogP contribution in [-0.2, 0) is 16.0 Å². The second kappa shape index (κ2) is 6.36.